The van der Waals surface area contributed by atoms with Gasteiger partial charge in [0.2, 0.25) is 0 Å². The molecule has 0 unspecified atom stereocenters. The molecule has 0 aliphatic rings. The molecule has 0 aromatic carbocycles. The largest absolute Gasteiger partial charge is 0.462 e. The van der Waals surface area contributed by atoms with E-state index < -0.39 is 5.97 Å². The van der Waals surface area contributed by atoms with E-state index in [-0.39, 0.29) is 11.4 Å². The molecule has 5 nitrogen and oxygen atoms in total. The molecule has 0 fully saturated rings. The van der Waals surface area contributed by atoms with Crippen molar-refractivity contribution in [2.24, 2.45) is 0 Å². The SMILES string of the molecule is CCOC(=O)c1sc(NC(C)(C)C)nc1N. The van der Waals surface area contributed by atoms with Crippen LogP contribution in [0.4, 0.5) is 10.9 Å². The fourth-order valence-electron chi connectivity index (χ4n) is 1.05. The van der Waals surface area contributed by atoms with E-state index in [0.29, 0.717) is 16.6 Å². The van der Waals surface area contributed by atoms with Crippen molar-refractivity contribution in [2.75, 3.05) is 17.7 Å². The molecule has 16 heavy (non-hydrogen) atoms. The van der Waals surface area contributed by atoms with E-state index in [4.69, 9.17) is 10.5 Å². The normalized spacial score (nSPS) is 11.2. The first-order valence-corrected chi connectivity index (χ1v) is 5.86. The molecule has 1 aromatic heterocycles. The zero-order chi connectivity index (χ0) is 12.3. The van der Waals surface area contributed by atoms with Crippen LogP contribution >= 0.6 is 11.3 Å². The summed E-state index contributed by atoms with van der Waals surface area (Å²) in [6, 6.07) is 0. The third-order valence-corrected chi connectivity index (χ3v) is 2.56. The van der Waals surface area contributed by atoms with Gasteiger partial charge in [0, 0.05) is 5.54 Å². The van der Waals surface area contributed by atoms with Crippen molar-refractivity contribution in [1.82, 2.24) is 4.98 Å². The molecule has 0 aliphatic carbocycles. The maximum atomic E-state index is 11.5. The fraction of sp³-hybridized carbons (Fsp3) is 0.600. The van der Waals surface area contributed by atoms with Crippen LogP contribution in [0.15, 0.2) is 0 Å². The Labute approximate surface area is 99.0 Å². The van der Waals surface area contributed by atoms with E-state index in [0.717, 1.165) is 0 Å². The third kappa shape index (κ3) is 3.37. The van der Waals surface area contributed by atoms with Gasteiger partial charge in [-0.3, -0.25) is 0 Å². The number of carbonyl (C=O) groups is 1. The number of nitrogens with one attached hydrogen (secondary N) is 1. The number of nitrogens with two attached hydrogens (primary N) is 1. The summed E-state index contributed by atoms with van der Waals surface area (Å²) in [6.07, 6.45) is 0. The molecule has 0 amide bonds. The topological polar surface area (TPSA) is 77.2 Å². The quantitative estimate of drug-likeness (QED) is 0.795. The highest BCUT2D eigenvalue weighted by atomic mass is 32.1. The van der Waals surface area contributed by atoms with Gasteiger partial charge in [-0.05, 0) is 27.7 Å². The molecular formula is C10H17N3O2S. The van der Waals surface area contributed by atoms with Crippen LogP contribution in [-0.4, -0.2) is 23.1 Å². The van der Waals surface area contributed by atoms with Gasteiger partial charge in [-0.15, -0.1) is 0 Å². The predicted molar refractivity (Wildman–Crippen MR) is 65.9 cm³/mol. The van der Waals surface area contributed by atoms with Gasteiger partial charge >= 0.3 is 5.97 Å². The van der Waals surface area contributed by atoms with Crippen molar-refractivity contribution in [3.63, 3.8) is 0 Å². The molecule has 0 aliphatic heterocycles. The molecule has 0 atom stereocenters. The lowest BCUT2D eigenvalue weighted by Gasteiger charge is -2.19. The lowest BCUT2D eigenvalue weighted by atomic mass is 10.1. The Bertz CT molecular complexity index is 382. The van der Waals surface area contributed by atoms with E-state index in [1.807, 2.05) is 20.8 Å². The summed E-state index contributed by atoms with van der Waals surface area (Å²) in [5.41, 5.74) is 5.54. The van der Waals surface area contributed by atoms with Crippen LogP contribution in [0, 0.1) is 0 Å². The molecule has 1 heterocycles. The van der Waals surface area contributed by atoms with Gasteiger partial charge in [-0.2, -0.15) is 0 Å². The van der Waals surface area contributed by atoms with Gasteiger partial charge in [-0.25, -0.2) is 9.78 Å². The molecule has 1 aromatic rings. The maximum absolute atomic E-state index is 11.5. The number of esters is 1. The third-order valence-electron chi connectivity index (χ3n) is 1.60. The summed E-state index contributed by atoms with van der Waals surface area (Å²) < 4.78 is 4.88. The lowest BCUT2D eigenvalue weighted by molar-refractivity contribution is 0.0533. The lowest BCUT2D eigenvalue weighted by Crippen LogP contribution is -2.25. The highest BCUT2D eigenvalue weighted by molar-refractivity contribution is 7.18. The summed E-state index contributed by atoms with van der Waals surface area (Å²) in [7, 11) is 0. The van der Waals surface area contributed by atoms with Gasteiger partial charge in [0.1, 0.15) is 0 Å². The fourth-order valence-corrected chi connectivity index (χ4v) is 2.04. The second kappa shape index (κ2) is 4.69. The molecule has 0 radical (unpaired) electrons. The van der Waals surface area contributed by atoms with Crippen molar-refractivity contribution >= 4 is 28.3 Å². The molecule has 0 bridgehead atoms. The minimum Gasteiger partial charge on any atom is -0.462 e. The first-order chi connectivity index (χ1) is 7.33. The van der Waals surface area contributed by atoms with Crippen LogP contribution in [0.1, 0.15) is 37.4 Å². The van der Waals surface area contributed by atoms with Crippen molar-refractivity contribution in [3.05, 3.63) is 4.88 Å². The smallest absolute Gasteiger partial charge is 0.352 e. The van der Waals surface area contributed by atoms with Gasteiger partial charge in [0.25, 0.3) is 0 Å². The Morgan fingerprint density at radius 3 is 2.69 bits per heavy atom. The molecule has 6 heteroatoms. The van der Waals surface area contributed by atoms with Gasteiger partial charge in [0.15, 0.2) is 15.8 Å². The second-order valence-electron chi connectivity index (χ2n) is 4.33. The van der Waals surface area contributed by atoms with Gasteiger partial charge < -0.3 is 15.8 Å². The molecule has 90 valence electrons. The molecular weight excluding hydrogens is 226 g/mol. The van der Waals surface area contributed by atoms with Crippen LogP contribution in [-0.2, 0) is 4.74 Å². The molecule has 0 saturated heterocycles. The monoisotopic (exact) mass is 243 g/mol. The van der Waals surface area contributed by atoms with Crippen LogP contribution in [0.5, 0.6) is 0 Å². The molecule has 1 rings (SSSR count). The van der Waals surface area contributed by atoms with Crippen molar-refractivity contribution in [2.45, 2.75) is 33.2 Å². The number of carbonyl (C=O) groups excluding carboxylic acids is 1. The minimum absolute atomic E-state index is 0.115. The van der Waals surface area contributed by atoms with E-state index >= 15 is 0 Å². The summed E-state index contributed by atoms with van der Waals surface area (Å²) in [6.45, 7) is 8.11. The Morgan fingerprint density at radius 2 is 2.19 bits per heavy atom. The minimum atomic E-state index is -0.417. The number of nitrogen functional groups attached to an aromatic ring is 1. The number of hydrogen-bond acceptors (Lipinski definition) is 6. The summed E-state index contributed by atoms with van der Waals surface area (Å²) >= 11 is 1.21. The average Bonchev–Trinajstić information content (AvgIpc) is 2.44. The van der Waals surface area contributed by atoms with Crippen LogP contribution in [0.3, 0.4) is 0 Å². The number of ether oxygens (including phenoxy) is 1. The van der Waals surface area contributed by atoms with Crippen LogP contribution in [0.2, 0.25) is 0 Å². The zero-order valence-electron chi connectivity index (χ0n) is 9.96. The predicted octanol–water partition coefficient (Wildman–Crippen LogP) is 2.11. The average molecular weight is 243 g/mol. The first-order valence-electron chi connectivity index (χ1n) is 5.05. The Hall–Kier alpha value is -1.30. The highest BCUT2D eigenvalue weighted by Gasteiger charge is 2.19. The van der Waals surface area contributed by atoms with E-state index in [1.165, 1.54) is 11.3 Å². The number of aromatic nitrogens is 1. The van der Waals surface area contributed by atoms with Gasteiger partial charge in [-0.1, -0.05) is 11.3 Å². The van der Waals surface area contributed by atoms with E-state index in [2.05, 4.69) is 10.3 Å². The molecule has 0 spiro atoms. The van der Waals surface area contributed by atoms with Crippen LogP contribution < -0.4 is 11.1 Å². The standard InChI is InChI=1S/C10H17N3O2S/c1-5-15-8(14)6-7(11)12-9(16-6)13-10(2,3)4/h5,11H2,1-4H3,(H,12,13). The first kappa shape index (κ1) is 12.8. The zero-order valence-corrected chi connectivity index (χ0v) is 10.8. The van der Waals surface area contributed by atoms with Crippen molar-refractivity contribution in [3.8, 4) is 0 Å². The maximum Gasteiger partial charge on any atom is 0.352 e. The summed E-state index contributed by atoms with van der Waals surface area (Å²) in [5, 5.41) is 3.79. The number of thiazole rings is 1. The van der Waals surface area contributed by atoms with Crippen molar-refractivity contribution < 1.29 is 9.53 Å². The number of rotatable bonds is 3. The van der Waals surface area contributed by atoms with Gasteiger partial charge in [0.05, 0.1) is 6.61 Å². The molecule has 0 saturated carbocycles. The van der Waals surface area contributed by atoms with E-state index in [9.17, 15) is 4.79 Å². The Kier molecular flexibility index (Phi) is 3.74. The number of nitrogens with zero attached hydrogens (tertiary/aromatic N) is 1. The Balaban J connectivity index is 2.86. The highest BCUT2D eigenvalue weighted by Crippen LogP contribution is 2.27. The van der Waals surface area contributed by atoms with Crippen molar-refractivity contribution in [1.29, 1.82) is 0 Å². The number of hydrogen-bond donors (Lipinski definition) is 2. The summed E-state index contributed by atoms with van der Waals surface area (Å²) in [5.74, 6) is -0.199. The second-order valence-corrected chi connectivity index (χ2v) is 5.33. The molecule has 3 N–H and O–H groups in total. The van der Waals surface area contributed by atoms with E-state index in [1.54, 1.807) is 6.92 Å². The van der Waals surface area contributed by atoms with Crippen LogP contribution in [0.25, 0.3) is 0 Å². The summed E-state index contributed by atoms with van der Waals surface area (Å²) in [4.78, 5) is 15.9. The Morgan fingerprint density at radius 1 is 1.56 bits per heavy atom. The number of anilines is 2.